The number of hydrogen-bond donors (Lipinski definition) is 1. The van der Waals surface area contributed by atoms with Crippen LogP contribution in [0.1, 0.15) is 33.3 Å². The number of nitrogens with zero attached hydrogens (tertiary/aromatic N) is 4. The molecular weight excluding hydrogens is 359 g/mol. The Morgan fingerprint density at radius 2 is 2.00 bits per heavy atom. The van der Waals surface area contributed by atoms with Gasteiger partial charge in [-0.25, -0.2) is 9.67 Å². The molecule has 6 nitrogen and oxygen atoms in total. The number of carbonyl (C=O) groups excluding carboxylic acids is 1. The number of halogens is 3. The molecule has 0 radical (unpaired) electrons. The van der Waals surface area contributed by atoms with E-state index in [1.54, 1.807) is 0 Å². The van der Waals surface area contributed by atoms with Crippen LogP contribution in [0.25, 0.3) is 5.69 Å². The van der Waals surface area contributed by atoms with Crippen LogP contribution in [-0.4, -0.2) is 44.7 Å². The van der Waals surface area contributed by atoms with Crippen molar-refractivity contribution >= 4 is 11.6 Å². The lowest BCUT2D eigenvalue weighted by atomic mass is 10.0. The molecule has 1 atom stereocenters. The average Bonchev–Trinajstić information content (AvgIpc) is 3.12. The number of alkyl halides is 3. The summed E-state index contributed by atoms with van der Waals surface area (Å²) in [7, 11) is 0. The molecule has 0 bridgehead atoms. The van der Waals surface area contributed by atoms with Crippen molar-refractivity contribution in [2.24, 2.45) is 5.92 Å². The van der Waals surface area contributed by atoms with Crippen molar-refractivity contribution in [3.8, 4) is 5.69 Å². The highest BCUT2D eigenvalue weighted by atomic mass is 19.4. The Bertz CT molecular complexity index is 759. The zero-order valence-electron chi connectivity index (χ0n) is 15.8. The Morgan fingerprint density at radius 1 is 1.30 bits per heavy atom. The Balaban J connectivity index is 2.28. The number of carbonyl (C=O) groups is 1. The highest BCUT2D eigenvalue weighted by Crippen LogP contribution is 2.33. The molecule has 1 aromatic carbocycles. The van der Waals surface area contributed by atoms with E-state index in [-0.39, 0.29) is 24.2 Å². The molecular formula is C18H24F3N5O. The van der Waals surface area contributed by atoms with Crippen molar-refractivity contribution in [1.29, 1.82) is 0 Å². The van der Waals surface area contributed by atoms with Crippen LogP contribution in [0.15, 0.2) is 30.9 Å². The number of hydrogen-bond acceptors (Lipinski definition) is 4. The highest BCUT2D eigenvalue weighted by Gasteiger charge is 2.31. The molecule has 0 aliphatic heterocycles. The first-order valence-corrected chi connectivity index (χ1v) is 8.73. The molecule has 0 aliphatic carbocycles. The van der Waals surface area contributed by atoms with Gasteiger partial charge in [-0.2, -0.15) is 18.3 Å². The standard InChI is InChI=1S/C18H24F3N5O/c1-5-25(13(4)12(2)3)9-17(27)24-15-8-14(18(19,20)21)6-7-16(15)26-11-22-10-23-26/h6-8,10-13H,5,9H2,1-4H3,(H,24,27). The van der Waals surface area contributed by atoms with Gasteiger partial charge in [0.25, 0.3) is 0 Å². The van der Waals surface area contributed by atoms with Gasteiger partial charge in [0.1, 0.15) is 12.7 Å². The fourth-order valence-corrected chi connectivity index (χ4v) is 2.68. The van der Waals surface area contributed by atoms with Crippen molar-refractivity contribution in [3.63, 3.8) is 0 Å². The fraction of sp³-hybridized carbons (Fsp3) is 0.500. The predicted molar refractivity (Wildman–Crippen MR) is 96.5 cm³/mol. The summed E-state index contributed by atoms with van der Waals surface area (Å²) in [5.41, 5.74) is -0.494. The molecule has 1 heterocycles. The number of rotatable bonds is 7. The molecule has 9 heteroatoms. The largest absolute Gasteiger partial charge is 0.416 e. The monoisotopic (exact) mass is 383 g/mol. The summed E-state index contributed by atoms with van der Waals surface area (Å²) >= 11 is 0. The second kappa shape index (κ2) is 8.51. The number of amides is 1. The molecule has 0 saturated heterocycles. The van der Waals surface area contributed by atoms with E-state index in [9.17, 15) is 18.0 Å². The van der Waals surface area contributed by atoms with Gasteiger partial charge in [0.15, 0.2) is 0 Å². The van der Waals surface area contributed by atoms with Gasteiger partial charge in [-0.15, -0.1) is 0 Å². The molecule has 2 rings (SSSR count). The maximum atomic E-state index is 13.1. The van der Waals surface area contributed by atoms with Crippen molar-refractivity contribution < 1.29 is 18.0 Å². The molecule has 1 amide bonds. The Hall–Kier alpha value is -2.42. The van der Waals surface area contributed by atoms with Crippen LogP contribution in [0.4, 0.5) is 18.9 Å². The maximum Gasteiger partial charge on any atom is 0.416 e. The van der Waals surface area contributed by atoms with Gasteiger partial charge in [-0.3, -0.25) is 9.69 Å². The maximum absolute atomic E-state index is 13.1. The lowest BCUT2D eigenvalue weighted by Crippen LogP contribution is -2.41. The van der Waals surface area contributed by atoms with Crippen molar-refractivity contribution in [2.45, 2.75) is 39.9 Å². The van der Waals surface area contributed by atoms with Crippen LogP contribution in [0.2, 0.25) is 0 Å². The molecule has 0 aliphatic rings. The van der Waals surface area contributed by atoms with Crippen LogP contribution >= 0.6 is 0 Å². The molecule has 0 saturated carbocycles. The second-order valence-corrected chi connectivity index (χ2v) is 6.67. The predicted octanol–water partition coefficient (Wildman–Crippen LogP) is 3.59. The second-order valence-electron chi connectivity index (χ2n) is 6.67. The molecule has 1 N–H and O–H groups in total. The van der Waals surface area contributed by atoms with E-state index in [1.165, 1.54) is 23.4 Å². The Kier molecular flexibility index (Phi) is 6.59. The van der Waals surface area contributed by atoms with E-state index in [1.807, 2.05) is 18.7 Å². The lowest BCUT2D eigenvalue weighted by Gasteiger charge is -2.30. The summed E-state index contributed by atoms with van der Waals surface area (Å²) in [5.74, 6) is -0.0398. The Labute approximate surface area is 156 Å². The van der Waals surface area contributed by atoms with Crippen LogP contribution < -0.4 is 5.32 Å². The van der Waals surface area contributed by atoms with E-state index in [4.69, 9.17) is 0 Å². The van der Waals surface area contributed by atoms with Crippen LogP contribution in [-0.2, 0) is 11.0 Å². The van der Waals surface area contributed by atoms with Crippen LogP contribution in [0.3, 0.4) is 0 Å². The average molecular weight is 383 g/mol. The normalized spacial score (nSPS) is 13.2. The smallest absolute Gasteiger partial charge is 0.323 e. The minimum Gasteiger partial charge on any atom is -0.323 e. The summed E-state index contributed by atoms with van der Waals surface area (Å²) < 4.78 is 40.6. The van der Waals surface area contributed by atoms with Crippen LogP contribution in [0, 0.1) is 5.92 Å². The number of likely N-dealkylation sites (N-methyl/N-ethyl adjacent to an activating group) is 1. The first-order valence-electron chi connectivity index (χ1n) is 8.73. The Morgan fingerprint density at radius 3 is 2.52 bits per heavy atom. The summed E-state index contributed by atoms with van der Waals surface area (Å²) in [6, 6.07) is 3.29. The fourth-order valence-electron chi connectivity index (χ4n) is 2.68. The third-order valence-electron chi connectivity index (χ3n) is 4.56. The molecule has 0 spiro atoms. The van der Waals surface area contributed by atoms with E-state index in [2.05, 4.69) is 29.2 Å². The SMILES string of the molecule is CCN(CC(=O)Nc1cc(C(F)(F)F)ccc1-n1cncn1)C(C)C(C)C. The van der Waals surface area contributed by atoms with Gasteiger partial charge in [0.05, 0.1) is 23.5 Å². The van der Waals surface area contributed by atoms with Gasteiger partial charge < -0.3 is 5.32 Å². The molecule has 2 aromatic rings. The van der Waals surface area contributed by atoms with Crippen molar-refractivity contribution in [3.05, 3.63) is 36.4 Å². The minimum atomic E-state index is -4.51. The van der Waals surface area contributed by atoms with Gasteiger partial charge >= 0.3 is 6.18 Å². The summed E-state index contributed by atoms with van der Waals surface area (Å²) in [5, 5.41) is 6.54. The third kappa shape index (κ3) is 5.29. The highest BCUT2D eigenvalue weighted by molar-refractivity contribution is 5.94. The van der Waals surface area contributed by atoms with Crippen LogP contribution in [0.5, 0.6) is 0 Å². The van der Waals surface area contributed by atoms with Crippen molar-refractivity contribution in [1.82, 2.24) is 19.7 Å². The van der Waals surface area contributed by atoms with Gasteiger partial charge in [0, 0.05) is 6.04 Å². The van der Waals surface area contributed by atoms with E-state index in [0.29, 0.717) is 18.2 Å². The molecule has 0 fully saturated rings. The summed E-state index contributed by atoms with van der Waals surface area (Å²) in [4.78, 5) is 18.3. The zero-order chi connectivity index (χ0) is 20.2. The minimum absolute atomic E-state index is 0.0357. The number of anilines is 1. The first kappa shape index (κ1) is 20.9. The number of aromatic nitrogens is 3. The molecule has 27 heavy (non-hydrogen) atoms. The molecule has 148 valence electrons. The lowest BCUT2D eigenvalue weighted by molar-refractivity contribution is -0.137. The molecule has 1 unspecified atom stereocenters. The number of benzene rings is 1. The quantitative estimate of drug-likeness (QED) is 0.794. The third-order valence-corrected chi connectivity index (χ3v) is 4.56. The topological polar surface area (TPSA) is 63.1 Å². The number of nitrogens with one attached hydrogen (secondary N) is 1. The first-order chi connectivity index (χ1) is 12.6. The van der Waals surface area contributed by atoms with Gasteiger partial charge in [-0.05, 0) is 37.6 Å². The van der Waals surface area contributed by atoms with E-state index >= 15 is 0 Å². The van der Waals surface area contributed by atoms with Gasteiger partial charge in [0.2, 0.25) is 5.91 Å². The van der Waals surface area contributed by atoms with E-state index in [0.717, 1.165) is 12.1 Å². The van der Waals surface area contributed by atoms with Gasteiger partial charge in [-0.1, -0.05) is 20.8 Å². The summed E-state index contributed by atoms with van der Waals surface area (Å²) in [6.07, 6.45) is -1.88. The van der Waals surface area contributed by atoms with Crippen molar-refractivity contribution in [2.75, 3.05) is 18.4 Å². The zero-order valence-corrected chi connectivity index (χ0v) is 15.8. The van der Waals surface area contributed by atoms with E-state index < -0.39 is 11.7 Å². The summed E-state index contributed by atoms with van der Waals surface area (Å²) in [6.45, 7) is 8.82. The molecule has 1 aromatic heterocycles.